The average molecular weight is 230 g/mol. The van der Waals surface area contributed by atoms with Gasteiger partial charge in [-0.05, 0) is 37.6 Å². The molecule has 0 aliphatic carbocycles. The van der Waals surface area contributed by atoms with E-state index in [1.807, 2.05) is 6.07 Å². The quantitative estimate of drug-likeness (QED) is 0.373. The maximum absolute atomic E-state index is 11.5. The molecule has 0 heterocycles. The van der Waals surface area contributed by atoms with Gasteiger partial charge in [0.25, 0.3) is 0 Å². The predicted octanol–water partition coefficient (Wildman–Crippen LogP) is 2.13. The Kier molecular flexibility index (Phi) is 4.29. The van der Waals surface area contributed by atoms with Gasteiger partial charge in [0.05, 0.1) is 6.10 Å². The lowest BCUT2D eigenvalue weighted by Crippen LogP contribution is -2.12. The molecule has 0 amide bonds. The first-order valence-corrected chi connectivity index (χ1v) is 5.21. The number of benzene rings is 1. The standard InChI is InChI=1S/C13H14N2O2/c1-9(2)17-13(16)11(8-14)7-10-3-5-12(15)6-4-10/h3-7,9H,15H2,1-2H3. The van der Waals surface area contributed by atoms with Gasteiger partial charge in [-0.25, -0.2) is 4.79 Å². The van der Waals surface area contributed by atoms with Gasteiger partial charge in [-0.2, -0.15) is 5.26 Å². The minimum atomic E-state index is -0.612. The Morgan fingerprint density at radius 2 is 2.00 bits per heavy atom. The lowest BCUT2D eigenvalue weighted by Gasteiger charge is -2.06. The van der Waals surface area contributed by atoms with Crippen molar-refractivity contribution in [2.75, 3.05) is 5.73 Å². The third-order valence-corrected chi connectivity index (χ3v) is 1.93. The first-order chi connectivity index (χ1) is 8.02. The number of nitrogens with zero attached hydrogens (tertiary/aromatic N) is 1. The van der Waals surface area contributed by atoms with E-state index in [2.05, 4.69) is 0 Å². The summed E-state index contributed by atoms with van der Waals surface area (Å²) in [5.74, 6) is -0.612. The van der Waals surface area contributed by atoms with Crippen molar-refractivity contribution in [3.63, 3.8) is 0 Å². The summed E-state index contributed by atoms with van der Waals surface area (Å²) >= 11 is 0. The summed E-state index contributed by atoms with van der Waals surface area (Å²) in [5.41, 5.74) is 6.88. The Morgan fingerprint density at radius 3 is 2.47 bits per heavy atom. The highest BCUT2D eigenvalue weighted by Crippen LogP contribution is 2.11. The van der Waals surface area contributed by atoms with Crippen molar-refractivity contribution in [2.24, 2.45) is 0 Å². The number of ether oxygens (including phenoxy) is 1. The number of carbonyl (C=O) groups excluding carboxylic acids is 1. The number of anilines is 1. The number of hydrogen-bond acceptors (Lipinski definition) is 4. The molecule has 1 rings (SSSR count). The molecule has 0 spiro atoms. The zero-order valence-corrected chi connectivity index (χ0v) is 9.81. The molecule has 0 saturated carbocycles. The van der Waals surface area contributed by atoms with Crippen molar-refractivity contribution in [1.82, 2.24) is 0 Å². The van der Waals surface area contributed by atoms with E-state index >= 15 is 0 Å². The zero-order chi connectivity index (χ0) is 12.8. The van der Waals surface area contributed by atoms with Gasteiger partial charge < -0.3 is 10.5 Å². The lowest BCUT2D eigenvalue weighted by molar-refractivity contribution is -0.142. The van der Waals surface area contributed by atoms with Crippen LogP contribution in [-0.2, 0) is 9.53 Å². The summed E-state index contributed by atoms with van der Waals surface area (Å²) in [6.07, 6.45) is 1.23. The molecular weight excluding hydrogens is 216 g/mol. The predicted molar refractivity (Wildman–Crippen MR) is 65.7 cm³/mol. The largest absolute Gasteiger partial charge is 0.459 e. The van der Waals surface area contributed by atoms with Gasteiger partial charge in [-0.3, -0.25) is 0 Å². The van der Waals surface area contributed by atoms with Crippen LogP contribution in [0.15, 0.2) is 29.8 Å². The average Bonchev–Trinajstić information content (AvgIpc) is 2.27. The molecule has 4 heteroatoms. The number of nitrogens with two attached hydrogens (primary N) is 1. The number of nitriles is 1. The van der Waals surface area contributed by atoms with Crippen LogP contribution in [0.1, 0.15) is 19.4 Å². The fraction of sp³-hybridized carbons (Fsp3) is 0.231. The second-order valence-electron chi connectivity index (χ2n) is 3.79. The number of nitrogen functional groups attached to an aromatic ring is 1. The Morgan fingerprint density at radius 1 is 1.41 bits per heavy atom. The van der Waals surface area contributed by atoms with Crippen LogP contribution in [0.5, 0.6) is 0 Å². The second kappa shape index (κ2) is 5.71. The first-order valence-electron chi connectivity index (χ1n) is 5.21. The molecule has 1 aromatic carbocycles. The number of hydrogen-bond donors (Lipinski definition) is 1. The third kappa shape index (κ3) is 3.99. The smallest absolute Gasteiger partial charge is 0.349 e. The number of carbonyl (C=O) groups is 1. The summed E-state index contributed by atoms with van der Waals surface area (Å²) in [6.45, 7) is 3.46. The Labute approximate surface area is 100 Å². The van der Waals surface area contributed by atoms with Gasteiger partial charge in [0.15, 0.2) is 0 Å². The molecule has 0 saturated heterocycles. The molecule has 4 nitrogen and oxygen atoms in total. The minimum absolute atomic E-state index is 0.0246. The molecule has 17 heavy (non-hydrogen) atoms. The van der Waals surface area contributed by atoms with Crippen molar-refractivity contribution >= 4 is 17.7 Å². The minimum Gasteiger partial charge on any atom is -0.459 e. The molecule has 0 aromatic heterocycles. The van der Waals surface area contributed by atoms with Crippen molar-refractivity contribution in [3.05, 3.63) is 35.4 Å². The monoisotopic (exact) mass is 230 g/mol. The summed E-state index contributed by atoms with van der Waals surface area (Å²) in [4.78, 5) is 11.5. The molecule has 0 aliphatic rings. The van der Waals surface area contributed by atoms with Crippen LogP contribution in [0.4, 0.5) is 5.69 Å². The van der Waals surface area contributed by atoms with E-state index < -0.39 is 5.97 Å². The van der Waals surface area contributed by atoms with Crippen LogP contribution in [0.25, 0.3) is 6.08 Å². The molecule has 0 aliphatic heterocycles. The van der Waals surface area contributed by atoms with Gasteiger partial charge in [0.2, 0.25) is 0 Å². The van der Waals surface area contributed by atoms with Gasteiger partial charge in [-0.1, -0.05) is 12.1 Å². The SMILES string of the molecule is CC(C)OC(=O)C(C#N)=Cc1ccc(N)cc1. The van der Waals surface area contributed by atoms with E-state index in [1.165, 1.54) is 6.08 Å². The van der Waals surface area contributed by atoms with E-state index in [0.717, 1.165) is 5.56 Å². The lowest BCUT2D eigenvalue weighted by atomic mass is 10.1. The van der Waals surface area contributed by atoms with Gasteiger partial charge >= 0.3 is 5.97 Å². The van der Waals surface area contributed by atoms with Crippen LogP contribution in [0, 0.1) is 11.3 Å². The Hall–Kier alpha value is -2.28. The van der Waals surface area contributed by atoms with E-state index in [1.54, 1.807) is 38.1 Å². The van der Waals surface area contributed by atoms with Crippen molar-refractivity contribution in [3.8, 4) is 6.07 Å². The van der Waals surface area contributed by atoms with Crippen molar-refractivity contribution in [2.45, 2.75) is 20.0 Å². The number of rotatable bonds is 3. The van der Waals surface area contributed by atoms with E-state index in [-0.39, 0.29) is 11.7 Å². The zero-order valence-electron chi connectivity index (χ0n) is 9.81. The molecule has 1 aromatic rings. The highest BCUT2D eigenvalue weighted by Gasteiger charge is 2.11. The van der Waals surface area contributed by atoms with Crippen molar-refractivity contribution in [1.29, 1.82) is 5.26 Å². The second-order valence-corrected chi connectivity index (χ2v) is 3.79. The van der Waals surface area contributed by atoms with E-state index in [4.69, 9.17) is 15.7 Å². The van der Waals surface area contributed by atoms with Crippen LogP contribution >= 0.6 is 0 Å². The van der Waals surface area contributed by atoms with Crippen LogP contribution in [0.2, 0.25) is 0 Å². The highest BCUT2D eigenvalue weighted by atomic mass is 16.5. The van der Waals surface area contributed by atoms with Gasteiger partial charge in [-0.15, -0.1) is 0 Å². The summed E-state index contributed by atoms with van der Waals surface area (Å²) in [5, 5.41) is 8.88. The summed E-state index contributed by atoms with van der Waals surface area (Å²) < 4.78 is 4.94. The summed E-state index contributed by atoms with van der Waals surface area (Å²) in [6, 6.07) is 8.69. The molecule has 0 radical (unpaired) electrons. The fourth-order valence-electron chi connectivity index (χ4n) is 1.17. The maximum atomic E-state index is 11.5. The van der Waals surface area contributed by atoms with Gasteiger partial charge in [0.1, 0.15) is 11.6 Å². The molecule has 0 atom stereocenters. The van der Waals surface area contributed by atoms with E-state index in [9.17, 15) is 4.79 Å². The molecule has 0 bridgehead atoms. The summed E-state index contributed by atoms with van der Waals surface area (Å²) in [7, 11) is 0. The maximum Gasteiger partial charge on any atom is 0.349 e. The molecule has 0 fully saturated rings. The molecule has 2 N–H and O–H groups in total. The molecular formula is C13H14N2O2. The Balaban J connectivity index is 2.91. The highest BCUT2D eigenvalue weighted by molar-refractivity contribution is 5.97. The normalized spacial score (nSPS) is 11.1. The molecule has 0 unspecified atom stereocenters. The fourth-order valence-corrected chi connectivity index (χ4v) is 1.17. The number of esters is 1. The van der Waals surface area contributed by atoms with Crippen LogP contribution in [0.3, 0.4) is 0 Å². The van der Waals surface area contributed by atoms with Crippen LogP contribution < -0.4 is 5.73 Å². The van der Waals surface area contributed by atoms with E-state index in [0.29, 0.717) is 5.69 Å². The van der Waals surface area contributed by atoms with Crippen LogP contribution in [-0.4, -0.2) is 12.1 Å². The first kappa shape index (κ1) is 12.8. The Bertz CT molecular complexity index is 467. The van der Waals surface area contributed by atoms with Crippen molar-refractivity contribution < 1.29 is 9.53 Å². The third-order valence-electron chi connectivity index (χ3n) is 1.93. The molecule has 88 valence electrons. The van der Waals surface area contributed by atoms with Gasteiger partial charge in [0, 0.05) is 5.69 Å². The topological polar surface area (TPSA) is 76.1 Å².